The standard InChI is InChI=1S/C9H11NO2/c11-7-4-3-6-2-1-5-10-8(6)9(7)12/h1-2,5,7,9,11-12H,3-4H2/t7-,9+/m1/s1. The van der Waals surface area contributed by atoms with Crippen molar-refractivity contribution in [2.24, 2.45) is 0 Å². The van der Waals surface area contributed by atoms with Crippen LogP contribution in [0.15, 0.2) is 18.3 Å². The first kappa shape index (κ1) is 7.71. The first-order valence-corrected chi connectivity index (χ1v) is 4.09. The Kier molecular flexibility index (Phi) is 1.83. The van der Waals surface area contributed by atoms with E-state index in [1.54, 1.807) is 6.20 Å². The molecular weight excluding hydrogens is 154 g/mol. The molecule has 1 heterocycles. The molecule has 2 atom stereocenters. The lowest BCUT2D eigenvalue weighted by Crippen LogP contribution is -2.25. The van der Waals surface area contributed by atoms with E-state index in [9.17, 15) is 10.2 Å². The summed E-state index contributed by atoms with van der Waals surface area (Å²) >= 11 is 0. The first-order chi connectivity index (χ1) is 5.79. The predicted molar refractivity (Wildman–Crippen MR) is 43.5 cm³/mol. The van der Waals surface area contributed by atoms with Gasteiger partial charge in [-0.05, 0) is 24.5 Å². The van der Waals surface area contributed by atoms with Crippen LogP contribution in [0.5, 0.6) is 0 Å². The summed E-state index contributed by atoms with van der Waals surface area (Å²) in [5, 5.41) is 18.9. The quantitative estimate of drug-likeness (QED) is 0.586. The van der Waals surface area contributed by atoms with Crippen molar-refractivity contribution >= 4 is 0 Å². The molecule has 0 aromatic carbocycles. The number of aliphatic hydroxyl groups is 2. The fraction of sp³-hybridized carbons (Fsp3) is 0.444. The molecule has 0 amide bonds. The van der Waals surface area contributed by atoms with E-state index in [2.05, 4.69) is 4.98 Å². The summed E-state index contributed by atoms with van der Waals surface area (Å²) in [6, 6.07) is 3.79. The molecule has 0 aliphatic heterocycles. The highest BCUT2D eigenvalue weighted by atomic mass is 16.3. The third kappa shape index (κ3) is 1.11. The Balaban J connectivity index is 2.42. The number of aromatic nitrogens is 1. The molecule has 64 valence electrons. The number of aliphatic hydroxyl groups excluding tert-OH is 2. The zero-order valence-electron chi connectivity index (χ0n) is 6.64. The maximum atomic E-state index is 9.52. The third-order valence-corrected chi connectivity index (χ3v) is 2.28. The number of fused-ring (bicyclic) bond motifs is 1. The minimum absolute atomic E-state index is 0.625. The largest absolute Gasteiger partial charge is 0.390 e. The number of aryl methyl sites for hydroxylation is 1. The molecule has 12 heavy (non-hydrogen) atoms. The molecule has 0 spiro atoms. The number of pyridine rings is 1. The Hall–Kier alpha value is -0.930. The summed E-state index contributed by atoms with van der Waals surface area (Å²) in [7, 11) is 0. The fourth-order valence-electron chi connectivity index (χ4n) is 1.57. The zero-order chi connectivity index (χ0) is 8.55. The van der Waals surface area contributed by atoms with Crippen LogP contribution in [0.25, 0.3) is 0 Å². The topological polar surface area (TPSA) is 53.4 Å². The van der Waals surface area contributed by atoms with Crippen LogP contribution < -0.4 is 0 Å². The molecular formula is C9H11NO2. The third-order valence-electron chi connectivity index (χ3n) is 2.28. The highest BCUT2D eigenvalue weighted by Gasteiger charge is 2.26. The normalized spacial score (nSPS) is 28.2. The molecule has 0 saturated carbocycles. The molecule has 0 radical (unpaired) electrons. The van der Waals surface area contributed by atoms with Gasteiger partial charge in [0.15, 0.2) is 0 Å². The van der Waals surface area contributed by atoms with Gasteiger partial charge in [0.1, 0.15) is 6.10 Å². The average Bonchev–Trinajstić information content (AvgIpc) is 2.12. The lowest BCUT2D eigenvalue weighted by Gasteiger charge is -2.24. The Labute approximate surface area is 70.7 Å². The van der Waals surface area contributed by atoms with Crippen LogP contribution in [0.2, 0.25) is 0 Å². The summed E-state index contributed by atoms with van der Waals surface area (Å²) in [5.41, 5.74) is 1.69. The Bertz CT molecular complexity index is 288. The first-order valence-electron chi connectivity index (χ1n) is 4.09. The lowest BCUT2D eigenvalue weighted by atomic mass is 9.92. The Morgan fingerprint density at radius 3 is 3.08 bits per heavy atom. The summed E-state index contributed by atoms with van der Waals surface area (Å²) in [6.07, 6.45) is 1.63. The smallest absolute Gasteiger partial charge is 0.122 e. The van der Waals surface area contributed by atoms with Crippen LogP contribution in [0.1, 0.15) is 23.8 Å². The van der Waals surface area contributed by atoms with E-state index in [0.717, 1.165) is 12.0 Å². The maximum Gasteiger partial charge on any atom is 0.122 e. The molecule has 3 heteroatoms. The van der Waals surface area contributed by atoms with Gasteiger partial charge in [0.05, 0.1) is 11.8 Å². The SMILES string of the molecule is O[C@@H]1CCc2cccnc2[C@H]1O. The number of hydrogen-bond acceptors (Lipinski definition) is 3. The van der Waals surface area contributed by atoms with Gasteiger partial charge in [-0.1, -0.05) is 6.07 Å². The molecule has 3 nitrogen and oxygen atoms in total. The lowest BCUT2D eigenvalue weighted by molar-refractivity contribution is 0.00368. The van der Waals surface area contributed by atoms with Crippen molar-refractivity contribution in [3.05, 3.63) is 29.6 Å². The molecule has 0 bridgehead atoms. The van der Waals surface area contributed by atoms with Crippen molar-refractivity contribution in [3.63, 3.8) is 0 Å². The molecule has 2 N–H and O–H groups in total. The van der Waals surface area contributed by atoms with Crippen LogP contribution in [0.4, 0.5) is 0 Å². The minimum atomic E-state index is -0.796. The van der Waals surface area contributed by atoms with E-state index >= 15 is 0 Å². The molecule has 1 aliphatic carbocycles. The minimum Gasteiger partial charge on any atom is -0.390 e. The molecule has 0 saturated heterocycles. The van der Waals surface area contributed by atoms with Gasteiger partial charge in [-0.15, -0.1) is 0 Å². The Morgan fingerprint density at radius 2 is 2.25 bits per heavy atom. The van der Waals surface area contributed by atoms with E-state index in [1.165, 1.54) is 0 Å². The van der Waals surface area contributed by atoms with Crippen molar-refractivity contribution in [2.45, 2.75) is 25.0 Å². The van der Waals surface area contributed by atoms with Crippen LogP contribution >= 0.6 is 0 Å². The summed E-state index contributed by atoms with van der Waals surface area (Å²) in [4.78, 5) is 4.04. The molecule has 0 unspecified atom stereocenters. The second-order valence-electron chi connectivity index (χ2n) is 3.10. The maximum absolute atomic E-state index is 9.52. The average molecular weight is 165 g/mol. The van der Waals surface area contributed by atoms with Crippen LogP contribution in [-0.4, -0.2) is 21.3 Å². The van der Waals surface area contributed by atoms with Gasteiger partial charge in [0.25, 0.3) is 0 Å². The van der Waals surface area contributed by atoms with Crippen LogP contribution in [0.3, 0.4) is 0 Å². The summed E-state index contributed by atoms with van der Waals surface area (Å²) < 4.78 is 0. The van der Waals surface area contributed by atoms with Gasteiger partial charge in [-0.25, -0.2) is 0 Å². The summed E-state index contributed by atoms with van der Waals surface area (Å²) in [6.45, 7) is 0. The van der Waals surface area contributed by atoms with E-state index < -0.39 is 12.2 Å². The van der Waals surface area contributed by atoms with Gasteiger partial charge in [-0.3, -0.25) is 4.98 Å². The number of rotatable bonds is 0. The van der Waals surface area contributed by atoms with Gasteiger partial charge in [0.2, 0.25) is 0 Å². The van der Waals surface area contributed by atoms with E-state index in [-0.39, 0.29) is 0 Å². The van der Waals surface area contributed by atoms with Gasteiger partial charge >= 0.3 is 0 Å². The monoisotopic (exact) mass is 165 g/mol. The number of nitrogens with zero attached hydrogens (tertiary/aromatic N) is 1. The predicted octanol–water partition coefficient (Wildman–Crippen LogP) is 0.422. The highest BCUT2D eigenvalue weighted by molar-refractivity contribution is 5.25. The van der Waals surface area contributed by atoms with Gasteiger partial charge in [-0.2, -0.15) is 0 Å². The molecule has 1 aromatic heterocycles. The van der Waals surface area contributed by atoms with E-state index in [0.29, 0.717) is 12.1 Å². The van der Waals surface area contributed by atoms with Crippen LogP contribution in [0, 0.1) is 0 Å². The van der Waals surface area contributed by atoms with Crippen molar-refractivity contribution in [1.29, 1.82) is 0 Å². The summed E-state index contributed by atoms with van der Waals surface area (Å²) in [5.74, 6) is 0. The van der Waals surface area contributed by atoms with E-state index in [4.69, 9.17) is 0 Å². The highest BCUT2D eigenvalue weighted by Crippen LogP contribution is 2.27. The Morgan fingerprint density at radius 1 is 1.42 bits per heavy atom. The van der Waals surface area contributed by atoms with Crippen molar-refractivity contribution in [1.82, 2.24) is 4.98 Å². The fourth-order valence-corrected chi connectivity index (χ4v) is 1.57. The molecule has 2 rings (SSSR count). The molecule has 1 aliphatic rings. The van der Waals surface area contributed by atoms with Gasteiger partial charge < -0.3 is 10.2 Å². The number of hydrogen-bond donors (Lipinski definition) is 2. The molecule has 0 fully saturated rings. The van der Waals surface area contributed by atoms with Crippen molar-refractivity contribution < 1.29 is 10.2 Å². The second-order valence-corrected chi connectivity index (χ2v) is 3.10. The molecule has 1 aromatic rings. The van der Waals surface area contributed by atoms with Crippen molar-refractivity contribution in [3.8, 4) is 0 Å². The van der Waals surface area contributed by atoms with Gasteiger partial charge in [0, 0.05) is 6.20 Å². The second kappa shape index (κ2) is 2.84. The van der Waals surface area contributed by atoms with Crippen molar-refractivity contribution in [2.75, 3.05) is 0 Å². The van der Waals surface area contributed by atoms with E-state index in [1.807, 2.05) is 12.1 Å². The zero-order valence-corrected chi connectivity index (χ0v) is 6.64. The van der Waals surface area contributed by atoms with Crippen LogP contribution in [-0.2, 0) is 6.42 Å².